The Morgan fingerprint density at radius 2 is 1.88 bits per heavy atom. The van der Waals surface area contributed by atoms with Crippen molar-refractivity contribution < 1.29 is 14.7 Å². The van der Waals surface area contributed by atoms with Crippen molar-refractivity contribution in [3.05, 3.63) is 0 Å². The summed E-state index contributed by atoms with van der Waals surface area (Å²) in [6.07, 6.45) is 3.32. The summed E-state index contributed by atoms with van der Waals surface area (Å²) in [6.45, 7) is 4.42. The third-order valence-corrected chi connectivity index (χ3v) is 3.49. The van der Waals surface area contributed by atoms with E-state index in [-0.39, 0.29) is 12.5 Å². The molecule has 17 heavy (non-hydrogen) atoms. The fourth-order valence-electron chi connectivity index (χ4n) is 1.77. The van der Waals surface area contributed by atoms with Gasteiger partial charge in [0.05, 0.1) is 6.54 Å². The Kier molecular flexibility index (Phi) is 4.93. The molecule has 0 bridgehead atoms. The predicted octanol–water partition coefficient (Wildman–Crippen LogP) is 0.746. The number of carboxylic acid groups (broad SMARTS) is 1. The molecule has 0 aromatic rings. The van der Waals surface area contributed by atoms with Crippen molar-refractivity contribution in [3.8, 4) is 0 Å². The highest BCUT2D eigenvalue weighted by molar-refractivity contribution is 5.82. The summed E-state index contributed by atoms with van der Waals surface area (Å²) in [5.74, 6) is -0.373. The molecule has 3 N–H and O–H groups in total. The highest BCUT2D eigenvalue weighted by Crippen LogP contribution is 2.27. The maximum Gasteiger partial charge on any atom is 0.323 e. The summed E-state index contributed by atoms with van der Waals surface area (Å²) >= 11 is 0. The van der Waals surface area contributed by atoms with E-state index in [4.69, 9.17) is 0 Å². The van der Waals surface area contributed by atoms with Gasteiger partial charge < -0.3 is 10.4 Å². The largest absolute Gasteiger partial charge is 0.480 e. The molecule has 5 nitrogen and oxygen atoms in total. The molecular formula is C12H22N2O3. The fourth-order valence-corrected chi connectivity index (χ4v) is 1.77. The number of carboxylic acids is 1. The van der Waals surface area contributed by atoms with Gasteiger partial charge in [-0.1, -0.05) is 13.8 Å². The van der Waals surface area contributed by atoms with Gasteiger partial charge in [-0.25, -0.2) is 0 Å². The van der Waals surface area contributed by atoms with E-state index in [0.717, 1.165) is 6.54 Å². The van der Waals surface area contributed by atoms with Gasteiger partial charge in [-0.2, -0.15) is 0 Å². The minimum atomic E-state index is -0.975. The van der Waals surface area contributed by atoms with Crippen LogP contribution in [0.15, 0.2) is 0 Å². The average molecular weight is 242 g/mol. The van der Waals surface area contributed by atoms with Crippen LogP contribution in [0.25, 0.3) is 0 Å². The average Bonchev–Trinajstić information content (AvgIpc) is 3.12. The number of rotatable bonds is 8. The van der Waals surface area contributed by atoms with Gasteiger partial charge in [-0.15, -0.1) is 0 Å². The highest BCUT2D eigenvalue weighted by Gasteiger charge is 2.34. The number of carbonyl (C=O) groups excluding carboxylic acids is 1. The fraction of sp³-hybridized carbons (Fsp3) is 0.833. The van der Waals surface area contributed by atoms with Crippen LogP contribution < -0.4 is 10.6 Å². The molecule has 0 aliphatic heterocycles. The Hall–Kier alpha value is -1.10. The van der Waals surface area contributed by atoms with Gasteiger partial charge in [-0.05, 0) is 31.6 Å². The number of aliphatic carboxylic acids is 1. The van der Waals surface area contributed by atoms with Crippen molar-refractivity contribution in [1.29, 1.82) is 0 Å². The quantitative estimate of drug-likeness (QED) is 0.587. The van der Waals surface area contributed by atoms with Crippen LogP contribution in [0.3, 0.4) is 0 Å². The van der Waals surface area contributed by atoms with E-state index < -0.39 is 11.5 Å². The van der Waals surface area contributed by atoms with Crippen LogP contribution in [-0.4, -0.2) is 35.6 Å². The molecule has 1 rings (SSSR count). The zero-order valence-electron chi connectivity index (χ0n) is 10.6. The van der Waals surface area contributed by atoms with Crippen molar-refractivity contribution >= 4 is 11.9 Å². The van der Waals surface area contributed by atoms with Gasteiger partial charge in [0.15, 0.2) is 0 Å². The highest BCUT2D eigenvalue weighted by atomic mass is 16.4. The van der Waals surface area contributed by atoms with E-state index in [2.05, 4.69) is 10.6 Å². The standard InChI is InChI=1S/C12H22N2O3/c1-3-12(4-2,11(16)17)14-8-10(15)13-7-9-5-6-9/h9,14H,3-8H2,1-2H3,(H,13,15)(H,16,17). The first-order chi connectivity index (χ1) is 8.04. The Labute approximate surface area is 102 Å². The molecule has 0 atom stereocenters. The summed E-state index contributed by atoms with van der Waals surface area (Å²) < 4.78 is 0. The van der Waals surface area contributed by atoms with Gasteiger partial charge >= 0.3 is 5.97 Å². The second kappa shape index (κ2) is 6.00. The van der Waals surface area contributed by atoms with Crippen LogP contribution in [0.4, 0.5) is 0 Å². The monoisotopic (exact) mass is 242 g/mol. The zero-order valence-corrected chi connectivity index (χ0v) is 10.6. The summed E-state index contributed by atoms with van der Waals surface area (Å²) in [5, 5.41) is 14.8. The van der Waals surface area contributed by atoms with Crippen molar-refractivity contribution in [3.63, 3.8) is 0 Å². The maximum absolute atomic E-state index is 11.5. The van der Waals surface area contributed by atoms with Crippen LogP contribution in [0.2, 0.25) is 0 Å². The lowest BCUT2D eigenvalue weighted by Gasteiger charge is -2.27. The minimum Gasteiger partial charge on any atom is -0.480 e. The van der Waals surface area contributed by atoms with Crippen LogP contribution >= 0.6 is 0 Å². The maximum atomic E-state index is 11.5. The lowest BCUT2D eigenvalue weighted by Crippen LogP contribution is -2.54. The zero-order chi connectivity index (χ0) is 12.9. The van der Waals surface area contributed by atoms with Crippen molar-refractivity contribution in [2.45, 2.75) is 45.1 Å². The summed E-state index contributed by atoms with van der Waals surface area (Å²) in [6, 6.07) is 0. The van der Waals surface area contributed by atoms with Crippen molar-refractivity contribution in [2.75, 3.05) is 13.1 Å². The first kappa shape index (κ1) is 14.0. The van der Waals surface area contributed by atoms with Gasteiger partial charge in [-0.3, -0.25) is 14.9 Å². The number of hydrogen-bond donors (Lipinski definition) is 3. The van der Waals surface area contributed by atoms with Crippen molar-refractivity contribution in [1.82, 2.24) is 10.6 Å². The van der Waals surface area contributed by atoms with Gasteiger partial charge in [0, 0.05) is 6.54 Å². The molecule has 1 fully saturated rings. The molecule has 0 saturated heterocycles. The second-order valence-corrected chi connectivity index (χ2v) is 4.70. The molecule has 0 unspecified atom stereocenters. The number of nitrogens with one attached hydrogen (secondary N) is 2. The first-order valence-corrected chi connectivity index (χ1v) is 6.29. The lowest BCUT2D eigenvalue weighted by atomic mass is 9.93. The number of amides is 1. The lowest BCUT2D eigenvalue weighted by molar-refractivity contribution is -0.145. The molecule has 0 aromatic heterocycles. The topological polar surface area (TPSA) is 78.4 Å². The van der Waals surface area contributed by atoms with E-state index in [0.29, 0.717) is 18.8 Å². The SMILES string of the molecule is CCC(CC)(NCC(=O)NCC1CC1)C(=O)O. The molecule has 5 heteroatoms. The molecule has 1 aliphatic rings. The molecule has 0 heterocycles. The van der Waals surface area contributed by atoms with E-state index in [9.17, 15) is 14.7 Å². The molecule has 0 radical (unpaired) electrons. The molecule has 98 valence electrons. The number of hydrogen-bond acceptors (Lipinski definition) is 3. The normalized spacial score (nSPS) is 15.6. The third kappa shape index (κ3) is 4.00. The predicted molar refractivity (Wildman–Crippen MR) is 64.7 cm³/mol. The third-order valence-electron chi connectivity index (χ3n) is 3.49. The van der Waals surface area contributed by atoms with Crippen LogP contribution in [0, 0.1) is 5.92 Å². The van der Waals surface area contributed by atoms with Gasteiger partial charge in [0.1, 0.15) is 5.54 Å². The Balaban J connectivity index is 2.34. The second-order valence-electron chi connectivity index (χ2n) is 4.70. The molecular weight excluding hydrogens is 220 g/mol. The molecule has 0 spiro atoms. The minimum absolute atomic E-state index is 0.0701. The Morgan fingerprint density at radius 1 is 1.29 bits per heavy atom. The number of carbonyl (C=O) groups is 2. The van der Waals surface area contributed by atoms with Gasteiger partial charge in [0.2, 0.25) is 5.91 Å². The van der Waals surface area contributed by atoms with E-state index in [1.54, 1.807) is 0 Å². The summed E-state index contributed by atoms with van der Waals surface area (Å²) in [7, 11) is 0. The van der Waals surface area contributed by atoms with E-state index >= 15 is 0 Å². The molecule has 1 amide bonds. The molecule has 1 aliphatic carbocycles. The van der Waals surface area contributed by atoms with Crippen LogP contribution in [0.5, 0.6) is 0 Å². The van der Waals surface area contributed by atoms with Gasteiger partial charge in [0.25, 0.3) is 0 Å². The Bertz CT molecular complexity index is 283. The van der Waals surface area contributed by atoms with Crippen molar-refractivity contribution in [2.24, 2.45) is 5.92 Å². The Morgan fingerprint density at radius 3 is 2.29 bits per heavy atom. The molecule has 1 saturated carbocycles. The van der Waals surface area contributed by atoms with Crippen LogP contribution in [-0.2, 0) is 9.59 Å². The smallest absolute Gasteiger partial charge is 0.323 e. The summed E-state index contributed by atoms with van der Waals surface area (Å²) in [4.78, 5) is 22.7. The van der Waals surface area contributed by atoms with Crippen LogP contribution in [0.1, 0.15) is 39.5 Å². The summed E-state index contributed by atoms with van der Waals surface area (Å²) in [5.41, 5.74) is -0.975. The van der Waals surface area contributed by atoms with E-state index in [1.807, 2.05) is 13.8 Å². The molecule has 0 aromatic carbocycles. The van der Waals surface area contributed by atoms with E-state index in [1.165, 1.54) is 12.8 Å². The first-order valence-electron chi connectivity index (χ1n) is 6.29.